The van der Waals surface area contributed by atoms with Gasteiger partial charge in [-0.25, -0.2) is 4.79 Å². The number of esters is 1. The molecule has 0 aliphatic rings. The van der Waals surface area contributed by atoms with E-state index in [0.717, 1.165) is 5.56 Å². The summed E-state index contributed by atoms with van der Waals surface area (Å²) in [5.74, 6) is -0.493. The number of hydrogen-bond donors (Lipinski definition) is 1. The maximum atomic E-state index is 13.0. The number of anilines is 1. The number of amides is 1. The van der Waals surface area contributed by atoms with Crippen LogP contribution >= 0.6 is 34.5 Å². The van der Waals surface area contributed by atoms with Crippen LogP contribution in [0.5, 0.6) is 0 Å². The zero-order valence-electron chi connectivity index (χ0n) is 18.9. The van der Waals surface area contributed by atoms with Crippen LogP contribution in [0.15, 0.2) is 76.0 Å². The largest absolute Gasteiger partial charge is 0.462 e. The lowest BCUT2D eigenvalue weighted by Crippen LogP contribution is -2.16. The summed E-state index contributed by atoms with van der Waals surface area (Å²) >= 11 is 13.3. The molecule has 2 aromatic heterocycles. The van der Waals surface area contributed by atoms with E-state index in [1.165, 1.54) is 17.4 Å². The Balaban J connectivity index is 1.62. The molecule has 1 amide bonds. The van der Waals surface area contributed by atoms with E-state index in [9.17, 15) is 14.9 Å². The van der Waals surface area contributed by atoms with Crippen LogP contribution in [0.4, 0.5) is 5.00 Å². The van der Waals surface area contributed by atoms with Gasteiger partial charge in [-0.05, 0) is 42.8 Å². The minimum Gasteiger partial charge on any atom is -0.462 e. The van der Waals surface area contributed by atoms with Crippen molar-refractivity contribution in [3.05, 3.63) is 93.0 Å². The Kier molecular flexibility index (Phi) is 7.91. The van der Waals surface area contributed by atoms with Gasteiger partial charge in [-0.3, -0.25) is 4.79 Å². The topological polar surface area (TPSA) is 92.3 Å². The number of ether oxygens (including phenoxy) is 1. The zero-order valence-corrected chi connectivity index (χ0v) is 21.2. The number of hydrogen-bond acceptors (Lipinski definition) is 6. The first-order valence-corrected chi connectivity index (χ1v) is 12.4. The van der Waals surface area contributed by atoms with E-state index in [-0.39, 0.29) is 28.5 Å². The average Bonchev–Trinajstić information content (AvgIpc) is 3.50. The van der Waals surface area contributed by atoms with E-state index in [1.54, 1.807) is 42.6 Å². The minimum absolute atomic E-state index is 0.179. The van der Waals surface area contributed by atoms with Crippen molar-refractivity contribution in [2.75, 3.05) is 11.9 Å². The summed E-state index contributed by atoms with van der Waals surface area (Å²) in [6.07, 6.45) is 1.32. The van der Waals surface area contributed by atoms with E-state index in [0.29, 0.717) is 26.9 Å². The van der Waals surface area contributed by atoms with Gasteiger partial charge in [0, 0.05) is 32.6 Å². The number of nitrogens with one attached hydrogen (secondary N) is 1. The standard InChI is InChI=1S/C27H18Cl2N2O4S/c1-2-34-27(33)24-22(16-6-4-3-5-7-16)15-36-26(24)31-25(32)18(14-30)12-21-8-9-23(35-21)17-10-19(28)13-20(29)11-17/h3-13,15H,2H2,1H3,(H,31,32)/b18-12+. The SMILES string of the molecule is CCOC(=O)c1c(-c2ccccc2)csc1NC(=O)/C(C#N)=C/c1ccc(-c2cc(Cl)cc(Cl)c2)o1. The summed E-state index contributed by atoms with van der Waals surface area (Å²) < 4.78 is 11.0. The van der Waals surface area contributed by atoms with Crippen LogP contribution in [-0.4, -0.2) is 18.5 Å². The number of thiophene rings is 1. The molecule has 4 rings (SSSR count). The smallest absolute Gasteiger partial charge is 0.341 e. The molecule has 4 aromatic rings. The molecule has 1 N–H and O–H groups in total. The Morgan fingerprint density at radius 3 is 2.47 bits per heavy atom. The van der Waals surface area contributed by atoms with Crippen LogP contribution in [0.25, 0.3) is 28.5 Å². The highest BCUT2D eigenvalue weighted by atomic mass is 35.5. The van der Waals surface area contributed by atoms with Gasteiger partial charge in [0.05, 0.1) is 6.61 Å². The Morgan fingerprint density at radius 2 is 1.81 bits per heavy atom. The second-order valence-electron chi connectivity index (χ2n) is 7.42. The van der Waals surface area contributed by atoms with Crippen LogP contribution in [0.1, 0.15) is 23.0 Å². The Morgan fingerprint density at radius 1 is 1.08 bits per heavy atom. The number of rotatable bonds is 7. The molecule has 0 bridgehead atoms. The maximum Gasteiger partial charge on any atom is 0.341 e. The van der Waals surface area contributed by atoms with Crippen LogP contribution in [0.3, 0.4) is 0 Å². The molecule has 0 unspecified atom stereocenters. The first-order valence-electron chi connectivity index (χ1n) is 10.7. The molecule has 2 aromatic carbocycles. The van der Waals surface area contributed by atoms with Gasteiger partial charge in [0.15, 0.2) is 0 Å². The molecule has 0 fully saturated rings. The summed E-state index contributed by atoms with van der Waals surface area (Å²) in [6.45, 7) is 1.88. The quantitative estimate of drug-likeness (QED) is 0.148. The van der Waals surface area contributed by atoms with E-state index in [4.69, 9.17) is 32.4 Å². The molecule has 6 nitrogen and oxygen atoms in total. The third-order valence-electron chi connectivity index (χ3n) is 5.01. The molecule has 9 heteroatoms. The fourth-order valence-electron chi connectivity index (χ4n) is 3.43. The van der Waals surface area contributed by atoms with E-state index < -0.39 is 11.9 Å². The van der Waals surface area contributed by atoms with Gasteiger partial charge in [0.25, 0.3) is 5.91 Å². The molecule has 0 atom stereocenters. The van der Waals surface area contributed by atoms with Crippen molar-refractivity contribution in [1.29, 1.82) is 5.26 Å². The molecule has 180 valence electrons. The Labute approximate surface area is 221 Å². The highest BCUT2D eigenvalue weighted by molar-refractivity contribution is 7.15. The van der Waals surface area contributed by atoms with Crippen LogP contribution < -0.4 is 5.32 Å². The predicted molar refractivity (Wildman–Crippen MR) is 142 cm³/mol. The predicted octanol–water partition coefficient (Wildman–Crippen LogP) is 7.70. The number of benzene rings is 2. The van der Waals surface area contributed by atoms with Crippen molar-refractivity contribution < 1.29 is 18.7 Å². The third-order valence-corrected chi connectivity index (χ3v) is 6.34. The molecule has 0 aliphatic heterocycles. The lowest BCUT2D eigenvalue weighted by atomic mass is 10.0. The summed E-state index contributed by atoms with van der Waals surface area (Å²) in [7, 11) is 0. The molecular weight excluding hydrogens is 519 g/mol. The van der Waals surface area contributed by atoms with E-state index in [2.05, 4.69) is 5.32 Å². The van der Waals surface area contributed by atoms with Gasteiger partial charge in [-0.1, -0.05) is 53.5 Å². The summed E-state index contributed by atoms with van der Waals surface area (Å²) in [4.78, 5) is 25.7. The minimum atomic E-state index is -0.687. The number of nitrogens with zero attached hydrogens (tertiary/aromatic N) is 1. The molecule has 0 aliphatic carbocycles. The second kappa shape index (κ2) is 11.3. The molecular formula is C27H18Cl2N2O4S. The first-order chi connectivity index (χ1) is 17.4. The molecule has 0 saturated heterocycles. The first kappa shape index (κ1) is 25.3. The van der Waals surface area contributed by atoms with Gasteiger partial charge < -0.3 is 14.5 Å². The summed E-state index contributed by atoms with van der Waals surface area (Å²) in [6, 6.07) is 19.5. The molecule has 36 heavy (non-hydrogen) atoms. The summed E-state index contributed by atoms with van der Waals surface area (Å²) in [5.41, 5.74) is 2.12. The molecule has 2 heterocycles. The third kappa shape index (κ3) is 5.69. The lowest BCUT2D eigenvalue weighted by molar-refractivity contribution is -0.112. The highest BCUT2D eigenvalue weighted by Crippen LogP contribution is 2.36. The zero-order chi connectivity index (χ0) is 25.7. The Bertz CT molecular complexity index is 1480. The fourth-order valence-corrected chi connectivity index (χ4v) is 4.91. The van der Waals surface area contributed by atoms with Crippen molar-refractivity contribution in [2.45, 2.75) is 6.92 Å². The van der Waals surface area contributed by atoms with Crippen molar-refractivity contribution in [1.82, 2.24) is 0 Å². The summed E-state index contributed by atoms with van der Waals surface area (Å²) in [5, 5.41) is 15.3. The maximum absolute atomic E-state index is 13.0. The fraction of sp³-hybridized carbons (Fsp3) is 0.0741. The van der Waals surface area contributed by atoms with Crippen molar-refractivity contribution in [2.24, 2.45) is 0 Å². The Hall–Kier alpha value is -3.83. The highest BCUT2D eigenvalue weighted by Gasteiger charge is 2.24. The van der Waals surface area contributed by atoms with Crippen LogP contribution in [0.2, 0.25) is 10.0 Å². The average molecular weight is 537 g/mol. The van der Waals surface area contributed by atoms with Gasteiger partial charge >= 0.3 is 5.97 Å². The van der Waals surface area contributed by atoms with Crippen LogP contribution in [0, 0.1) is 11.3 Å². The van der Waals surface area contributed by atoms with Crippen LogP contribution in [-0.2, 0) is 9.53 Å². The van der Waals surface area contributed by atoms with E-state index in [1.807, 2.05) is 36.4 Å². The normalized spacial score (nSPS) is 11.1. The number of carbonyl (C=O) groups is 2. The van der Waals surface area contributed by atoms with Crippen molar-refractivity contribution in [3.8, 4) is 28.5 Å². The van der Waals surface area contributed by atoms with Gasteiger partial charge in [-0.2, -0.15) is 5.26 Å². The van der Waals surface area contributed by atoms with E-state index >= 15 is 0 Å². The number of carbonyl (C=O) groups excluding carboxylic acids is 2. The van der Waals surface area contributed by atoms with Gasteiger partial charge in [-0.15, -0.1) is 11.3 Å². The second-order valence-corrected chi connectivity index (χ2v) is 9.18. The van der Waals surface area contributed by atoms with Crippen molar-refractivity contribution in [3.63, 3.8) is 0 Å². The molecule has 0 spiro atoms. The lowest BCUT2D eigenvalue weighted by Gasteiger charge is -2.08. The molecule has 0 saturated carbocycles. The number of furan rings is 1. The van der Waals surface area contributed by atoms with Gasteiger partial charge in [0.1, 0.15) is 33.7 Å². The number of nitriles is 1. The molecule has 0 radical (unpaired) electrons. The van der Waals surface area contributed by atoms with Gasteiger partial charge in [0.2, 0.25) is 0 Å². The van der Waals surface area contributed by atoms with Crippen molar-refractivity contribution >= 4 is 57.5 Å². The monoisotopic (exact) mass is 536 g/mol. The number of halogens is 2.